The SMILES string of the molecule is COC(=O)c1cc(N2CCOCC2)ccc1NC(=O)CCSc1ccc(OC)cc1. The van der Waals surface area contributed by atoms with Crippen molar-refractivity contribution in [2.75, 3.05) is 56.5 Å². The molecule has 0 radical (unpaired) electrons. The molecule has 0 atom stereocenters. The molecule has 0 bridgehead atoms. The van der Waals surface area contributed by atoms with E-state index in [1.807, 2.05) is 30.3 Å². The quantitative estimate of drug-likeness (QED) is 0.508. The second-order valence-electron chi connectivity index (χ2n) is 6.64. The summed E-state index contributed by atoms with van der Waals surface area (Å²) in [5.74, 6) is 0.790. The molecule has 1 saturated heterocycles. The van der Waals surface area contributed by atoms with Crippen LogP contribution in [0.5, 0.6) is 5.75 Å². The van der Waals surface area contributed by atoms with Crippen LogP contribution in [0.2, 0.25) is 0 Å². The molecule has 1 heterocycles. The smallest absolute Gasteiger partial charge is 0.340 e. The highest BCUT2D eigenvalue weighted by atomic mass is 32.2. The number of rotatable bonds is 8. The first kappa shape index (κ1) is 22.0. The van der Waals surface area contributed by atoms with Crippen molar-refractivity contribution in [2.24, 2.45) is 0 Å². The number of nitrogens with zero attached hydrogens (tertiary/aromatic N) is 1. The molecule has 7 nitrogen and oxygen atoms in total. The molecule has 0 unspecified atom stereocenters. The van der Waals surface area contributed by atoms with E-state index in [2.05, 4.69) is 10.2 Å². The molecule has 1 aliphatic rings. The summed E-state index contributed by atoms with van der Waals surface area (Å²) in [5, 5.41) is 2.84. The molecular formula is C22H26N2O5S. The van der Waals surface area contributed by atoms with Gasteiger partial charge in [-0.2, -0.15) is 0 Å². The fourth-order valence-corrected chi connectivity index (χ4v) is 3.94. The molecular weight excluding hydrogens is 404 g/mol. The Kier molecular flexibility index (Phi) is 7.98. The molecule has 1 aliphatic heterocycles. The van der Waals surface area contributed by atoms with Crippen molar-refractivity contribution in [3.63, 3.8) is 0 Å². The zero-order valence-electron chi connectivity index (χ0n) is 17.2. The maximum Gasteiger partial charge on any atom is 0.340 e. The van der Waals surface area contributed by atoms with Crippen molar-refractivity contribution >= 4 is 35.0 Å². The number of carbonyl (C=O) groups excluding carboxylic acids is 2. The lowest BCUT2D eigenvalue weighted by Gasteiger charge is -2.29. The van der Waals surface area contributed by atoms with Gasteiger partial charge in [0.25, 0.3) is 0 Å². The summed E-state index contributed by atoms with van der Waals surface area (Å²) in [6, 6.07) is 13.1. The van der Waals surface area contributed by atoms with Gasteiger partial charge < -0.3 is 24.4 Å². The summed E-state index contributed by atoms with van der Waals surface area (Å²) in [6.45, 7) is 2.82. The van der Waals surface area contributed by atoms with Gasteiger partial charge in [0.15, 0.2) is 0 Å². The molecule has 160 valence electrons. The summed E-state index contributed by atoms with van der Waals surface area (Å²) in [6.07, 6.45) is 0.322. The van der Waals surface area contributed by atoms with E-state index in [-0.39, 0.29) is 5.91 Å². The molecule has 1 fully saturated rings. The van der Waals surface area contributed by atoms with Crippen LogP contribution in [-0.2, 0) is 14.3 Å². The molecule has 0 spiro atoms. The zero-order chi connectivity index (χ0) is 21.3. The van der Waals surface area contributed by atoms with Crippen molar-refractivity contribution in [3.05, 3.63) is 48.0 Å². The molecule has 0 aromatic heterocycles. The molecule has 0 saturated carbocycles. The molecule has 1 N–H and O–H groups in total. The van der Waals surface area contributed by atoms with Crippen LogP contribution in [-0.4, -0.2) is 58.2 Å². The van der Waals surface area contributed by atoms with Gasteiger partial charge in [-0.15, -0.1) is 11.8 Å². The summed E-state index contributed by atoms with van der Waals surface area (Å²) >= 11 is 1.59. The topological polar surface area (TPSA) is 77.1 Å². The van der Waals surface area contributed by atoms with Crippen molar-refractivity contribution in [2.45, 2.75) is 11.3 Å². The Morgan fingerprint density at radius 2 is 1.83 bits per heavy atom. The monoisotopic (exact) mass is 430 g/mol. The van der Waals surface area contributed by atoms with E-state index < -0.39 is 5.97 Å². The minimum Gasteiger partial charge on any atom is -0.497 e. The predicted molar refractivity (Wildman–Crippen MR) is 118 cm³/mol. The molecule has 2 aromatic rings. The Morgan fingerprint density at radius 3 is 2.50 bits per heavy atom. The van der Waals surface area contributed by atoms with Crippen LogP contribution < -0.4 is 15.0 Å². The summed E-state index contributed by atoms with van der Waals surface area (Å²) in [7, 11) is 2.96. The van der Waals surface area contributed by atoms with Gasteiger partial charge in [0.05, 0.1) is 38.7 Å². The third kappa shape index (κ3) is 5.90. The lowest BCUT2D eigenvalue weighted by molar-refractivity contribution is -0.115. The lowest BCUT2D eigenvalue weighted by atomic mass is 10.1. The number of benzene rings is 2. The Bertz CT molecular complexity index is 866. The van der Waals surface area contributed by atoms with E-state index >= 15 is 0 Å². The summed E-state index contributed by atoms with van der Waals surface area (Å²) < 4.78 is 15.4. The van der Waals surface area contributed by atoms with Gasteiger partial charge in [-0.1, -0.05) is 0 Å². The van der Waals surface area contributed by atoms with Gasteiger partial charge in [0.1, 0.15) is 5.75 Å². The average Bonchev–Trinajstić information content (AvgIpc) is 2.80. The first-order chi connectivity index (χ1) is 14.6. The first-order valence-electron chi connectivity index (χ1n) is 9.72. The van der Waals surface area contributed by atoms with Gasteiger partial charge >= 0.3 is 5.97 Å². The maximum atomic E-state index is 12.4. The van der Waals surface area contributed by atoms with Gasteiger partial charge in [-0.05, 0) is 42.5 Å². The van der Waals surface area contributed by atoms with E-state index in [0.717, 1.165) is 29.4 Å². The van der Waals surface area contributed by atoms with Crippen molar-refractivity contribution < 1.29 is 23.8 Å². The number of carbonyl (C=O) groups is 2. The highest BCUT2D eigenvalue weighted by Crippen LogP contribution is 2.26. The van der Waals surface area contributed by atoms with Crippen molar-refractivity contribution in [3.8, 4) is 5.75 Å². The molecule has 1 amide bonds. The Balaban J connectivity index is 1.60. The summed E-state index contributed by atoms with van der Waals surface area (Å²) in [5.41, 5.74) is 1.71. The van der Waals surface area contributed by atoms with Crippen LogP contribution >= 0.6 is 11.8 Å². The maximum absolute atomic E-state index is 12.4. The average molecular weight is 431 g/mol. The second kappa shape index (κ2) is 10.9. The number of ether oxygens (including phenoxy) is 3. The Labute approximate surface area is 180 Å². The normalized spacial score (nSPS) is 13.6. The third-order valence-corrected chi connectivity index (χ3v) is 5.73. The fourth-order valence-electron chi connectivity index (χ4n) is 3.08. The lowest BCUT2D eigenvalue weighted by Crippen LogP contribution is -2.36. The van der Waals surface area contributed by atoms with Crippen molar-refractivity contribution in [1.82, 2.24) is 0 Å². The van der Waals surface area contributed by atoms with Crippen LogP contribution in [0.3, 0.4) is 0 Å². The van der Waals surface area contributed by atoms with Gasteiger partial charge in [-0.3, -0.25) is 4.79 Å². The van der Waals surface area contributed by atoms with Crippen LogP contribution in [0.4, 0.5) is 11.4 Å². The first-order valence-corrected chi connectivity index (χ1v) is 10.7. The fraction of sp³-hybridized carbons (Fsp3) is 0.364. The largest absolute Gasteiger partial charge is 0.497 e. The number of amides is 1. The predicted octanol–water partition coefficient (Wildman–Crippen LogP) is 3.44. The second-order valence-corrected chi connectivity index (χ2v) is 7.81. The Morgan fingerprint density at radius 1 is 1.10 bits per heavy atom. The minimum absolute atomic E-state index is 0.153. The van der Waals surface area contributed by atoms with E-state index in [1.165, 1.54) is 7.11 Å². The number of methoxy groups -OCH3 is 2. The third-order valence-electron chi connectivity index (χ3n) is 4.72. The number of hydrogen-bond donors (Lipinski definition) is 1. The molecule has 30 heavy (non-hydrogen) atoms. The standard InChI is InChI=1S/C22H26N2O5S/c1-27-17-4-6-18(7-5-17)30-14-9-21(25)23-20-8-3-16(15-19(20)22(26)28-2)24-10-12-29-13-11-24/h3-8,15H,9-14H2,1-2H3,(H,23,25). The van der Waals surface area contributed by atoms with E-state index in [4.69, 9.17) is 14.2 Å². The number of thioether (sulfide) groups is 1. The number of esters is 1. The van der Waals surface area contributed by atoms with Crippen LogP contribution in [0.25, 0.3) is 0 Å². The molecule has 3 rings (SSSR count). The summed E-state index contributed by atoms with van der Waals surface area (Å²) in [4.78, 5) is 27.9. The van der Waals surface area contributed by atoms with Gasteiger partial charge in [0.2, 0.25) is 5.91 Å². The number of nitrogens with one attached hydrogen (secondary N) is 1. The highest BCUT2D eigenvalue weighted by Gasteiger charge is 2.18. The van der Waals surface area contributed by atoms with Gasteiger partial charge in [0, 0.05) is 35.8 Å². The highest BCUT2D eigenvalue weighted by molar-refractivity contribution is 7.99. The number of hydrogen-bond acceptors (Lipinski definition) is 7. The van der Waals surface area contributed by atoms with E-state index in [9.17, 15) is 9.59 Å². The number of morpholine rings is 1. The van der Waals surface area contributed by atoms with E-state index in [1.54, 1.807) is 31.0 Å². The van der Waals surface area contributed by atoms with Crippen LogP contribution in [0, 0.1) is 0 Å². The van der Waals surface area contributed by atoms with Crippen molar-refractivity contribution in [1.29, 1.82) is 0 Å². The number of anilines is 2. The van der Waals surface area contributed by atoms with Crippen LogP contribution in [0.15, 0.2) is 47.4 Å². The Hall–Kier alpha value is -2.71. The molecule has 0 aliphatic carbocycles. The van der Waals surface area contributed by atoms with Gasteiger partial charge in [-0.25, -0.2) is 4.79 Å². The van der Waals surface area contributed by atoms with Crippen LogP contribution in [0.1, 0.15) is 16.8 Å². The minimum atomic E-state index is -0.479. The van der Waals surface area contributed by atoms with E-state index in [0.29, 0.717) is 36.6 Å². The molecule has 8 heteroatoms. The zero-order valence-corrected chi connectivity index (χ0v) is 18.0. The molecule has 2 aromatic carbocycles.